The second-order valence-electron chi connectivity index (χ2n) is 7.41. The van der Waals surface area contributed by atoms with Gasteiger partial charge in [0.1, 0.15) is 5.52 Å². The molecular weight excluding hydrogens is 456 g/mol. The molecule has 1 aromatic heterocycles. The molecule has 4 rings (SSSR count). The molecule has 158 valence electrons. The van der Waals surface area contributed by atoms with Crippen LogP contribution in [0.1, 0.15) is 37.3 Å². The molecule has 0 amide bonds. The minimum Gasteiger partial charge on any atom is -0.504 e. The fourth-order valence-electron chi connectivity index (χ4n) is 3.32. The average Bonchev–Trinajstić information content (AvgIpc) is 3.22. The Morgan fingerprint density at radius 3 is 2.81 bits per heavy atom. The number of ether oxygens (including phenoxy) is 1. The van der Waals surface area contributed by atoms with E-state index in [9.17, 15) is 5.11 Å². The van der Waals surface area contributed by atoms with Gasteiger partial charge >= 0.3 is 0 Å². The van der Waals surface area contributed by atoms with Gasteiger partial charge in [-0.1, -0.05) is 41.9 Å². The SMILES string of the molecule is CC[C@@H](C)c1ccc2oc(-c3cccc(N=Cc4cc(Br)cc(OC)c4O)c3)nc2c1. The summed E-state index contributed by atoms with van der Waals surface area (Å²) in [5.41, 5.74) is 4.99. The van der Waals surface area contributed by atoms with E-state index in [-0.39, 0.29) is 5.75 Å². The molecule has 31 heavy (non-hydrogen) atoms. The Morgan fingerprint density at radius 1 is 1.19 bits per heavy atom. The van der Waals surface area contributed by atoms with Crippen LogP contribution >= 0.6 is 15.9 Å². The Balaban J connectivity index is 1.65. The number of aromatic hydroxyl groups is 1. The van der Waals surface area contributed by atoms with Gasteiger partial charge in [0.05, 0.1) is 12.8 Å². The van der Waals surface area contributed by atoms with Gasteiger partial charge in [0.15, 0.2) is 17.1 Å². The number of aromatic nitrogens is 1. The first-order valence-corrected chi connectivity index (χ1v) is 10.9. The maximum Gasteiger partial charge on any atom is 0.227 e. The van der Waals surface area contributed by atoms with Gasteiger partial charge in [-0.05, 0) is 60.4 Å². The first-order chi connectivity index (χ1) is 15.0. The average molecular weight is 479 g/mol. The van der Waals surface area contributed by atoms with E-state index in [4.69, 9.17) is 9.15 Å². The minimum atomic E-state index is 0.0432. The third kappa shape index (κ3) is 4.49. The number of benzene rings is 3. The van der Waals surface area contributed by atoms with Gasteiger partial charge in [0.25, 0.3) is 0 Å². The third-order valence-corrected chi connectivity index (χ3v) is 5.79. The fraction of sp³-hybridized carbons (Fsp3) is 0.200. The highest BCUT2D eigenvalue weighted by atomic mass is 79.9. The maximum absolute atomic E-state index is 10.3. The molecule has 1 atom stereocenters. The number of hydrogen-bond acceptors (Lipinski definition) is 5. The van der Waals surface area contributed by atoms with E-state index in [0.717, 1.165) is 33.2 Å². The van der Waals surface area contributed by atoms with Crippen LogP contribution in [0.25, 0.3) is 22.6 Å². The van der Waals surface area contributed by atoms with Crippen LogP contribution in [-0.2, 0) is 0 Å². The number of phenols is 1. The zero-order valence-electron chi connectivity index (χ0n) is 17.6. The van der Waals surface area contributed by atoms with Gasteiger partial charge in [-0.3, -0.25) is 4.99 Å². The number of nitrogens with zero attached hydrogens (tertiary/aromatic N) is 2. The highest BCUT2D eigenvalue weighted by Gasteiger charge is 2.12. The Hall–Kier alpha value is -3.12. The van der Waals surface area contributed by atoms with E-state index < -0.39 is 0 Å². The fourth-order valence-corrected chi connectivity index (χ4v) is 3.78. The topological polar surface area (TPSA) is 67.9 Å². The van der Waals surface area contributed by atoms with Crippen molar-refractivity contribution in [3.05, 3.63) is 70.2 Å². The van der Waals surface area contributed by atoms with Crippen molar-refractivity contribution in [3.8, 4) is 23.0 Å². The van der Waals surface area contributed by atoms with Crippen LogP contribution < -0.4 is 4.74 Å². The summed E-state index contributed by atoms with van der Waals surface area (Å²) in [6.07, 6.45) is 2.68. The molecule has 0 aliphatic heterocycles. The monoisotopic (exact) mass is 478 g/mol. The summed E-state index contributed by atoms with van der Waals surface area (Å²) in [7, 11) is 1.51. The Labute approximate surface area is 189 Å². The van der Waals surface area contributed by atoms with Gasteiger partial charge in [0, 0.05) is 21.8 Å². The number of halogens is 1. The molecule has 0 bridgehead atoms. The lowest BCUT2D eigenvalue weighted by molar-refractivity contribution is 0.373. The standard InChI is InChI=1S/C25H23BrN2O3/c1-4-15(2)16-8-9-22-21(12-16)28-25(31-22)17-6-5-7-20(11-17)27-14-18-10-19(26)13-23(30-3)24(18)29/h5-15,29H,4H2,1-3H3/t15-/m1/s1. The normalized spacial score (nSPS) is 12.5. The van der Waals surface area contributed by atoms with Gasteiger partial charge < -0.3 is 14.3 Å². The molecule has 0 saturated heterocycles. The molecule has 0 fully saturated rings. The number of oxazole rings is 1. The summed E-state index contributed by atoms with van der Waals surface area (Å²) < 4.78 is 12.0. The largest absolute Gasteiger partial charge is 0.504 e. The molecule has 0 radical (unpaired) electrons. The Bertz CT molecular complexity index is 1260. The van der Waals surface area contributed by atoms with Crippen LogP contribution in [0.3, 0.4) is 0 Å². The predicted octanol–water partition coefficient (Wildman–Crippen LogP) is 7.24. The first-order valence-electron chi connectivity index (χ1n) is 10.1. The van der Waals surface area contributed by atoms with Crippen LogP contribution in [0.4, 0.5) is 5.69 Å². The van der Waals surface area contributed by atoms with E-state index in [0.29, 0.717) is 23.1 Å². The van der Waals surface area contributed by atoms with Gasteiger partial charge in [-0.25, -0.2) is 4.98 Å². The number of methoxy groups -OCH3 is 1. The molecule has 5 nitrogen and oxygen atoms in total. The van der Waals surface area contributed by atoms with Crippen LogP contribution in [0, 0.1) is 0 Å². The van der Waals surface area contributed by atoms with E-state index >= 15 is 0 Å². The van der Waals surface area contributed by atoms with Crippen molar-refractivity contribution in [3.63, 3.8) is 0 Å². The molecule has 0 aliphatic carbocycles. The van der Waals surface area contributed by atoms with Crippen molar-refractivity contribution in [2.24, 2.45) is 4.99 Å². The van der Waals surface area contributed by atoms with Gasteiger partial charge in [-0.15, -0.1) is 0 Å². The smallest absolute Gasteiger partial charge is 0.227 e. The molecule has 6 heteroatoms. The van der Waals surface area contributed by atoms with Gasteiger partial charge in [0.2, 0.25) is 5.89 Å². The predicted molar refractivity (Wildman–Crippen MR) is 128 cm³/mol. The summed E-state index contributed by atoms with van der Waals surface area (Å²) in [6.45, 7) is 4.39. The van der Waals surface area contributed by atoms with E-state index in [2.05, 4.69) is 51.9 Å². The van der Waals surface area contributed by atoms with Crippen molar-refractivity contribution in [1.29, 1.82) is 0 Å². The lowest BCUT2D eigenvalue weighted by atomic mass is 9.98. The summed E-state index contributed by atoms with van der Waals surface area (Å²) >= 11 is 3.42. The summed E-state index contributed by atoms with van der Waals surface area (Å²) in [4.78, 5) is 9.20. The second-order valence-corrected chi connectivity index (χ2v) is 8.33. The van der Waals surface area contributed by atoms with E-state index in [1.165, 1.54) is 12.7 Å². The lowest BCUT2D eigenvalue weighted by Crippen LogP contribution is -1.90. The number of fused-ring (bicyclic) bond motifs is 1. The molecule has 4 aromatic rings. The highest BCUT2D eigenvalue weighted by molar-refractivity contribution is 9.10. The van der Waals surface area contributed by atoms with Crippen LogP contribution in [0.2, 0.25) is 0 Å². The van der Waals surface area contributed by atoms with Crippen molar-refractivity contribution < 1.29 is 14.3 Å². The van der Waals surface area contributed by atoms with Crippen molar-refractivity contribution in [1.82, 2.24) is 4.98 Å². The van der Waals surface area contributed by atoms with Crippen molar-refractivity contribution in [2.45, 2.75) is 26.2 Å². The molecular formula is C25H23BrN2O3. The number of hydrogen-bond donors (Lipinski definition) is 1. The third-order valence-electron chi connectivity index (χ3n) is 5.33. The highest BCUT2D eigenvalue weighted by Crippen LogP contribution is 2.33. The Morgan fingerprint density at radius 2 is 2.03 bits per heavy atom. The Kier molecular flexibility index (Phi) is 6.09. The molecule has 0 aliphatic rings. The first kappa shape index (κ1) is 21.1. The quantitative estimate of drug-likeness (QED) is 0.296. The van der Waals surface area contributed by atoms with Crippen LogP contribution in [-0.4, -0.2) is 23.4 Å². The van der Waals surface area contributed by atoms with E-state index in [1.54, 1.807) is 18.3 Å². The zero-order chi connectivity index (χ0) is 22.0. The molecule has 0 spiro atoms. The lowest BCUT2D eigenvalue weighted by Gasteiger charge is -2.07. The zero-order valence-corrected chi connectivity index (χ0v) is 19.2. The second kappa shape index (κ2) is 8.94. The molecule has 1 heterocycles. The number of aliphatic imine (C=N–C) groups is 1. The van der Waals surface area contributed by atoms with Crippen molar-refractivity contribution in [2.75, 3.05) is 7.11 Å². The van der Waals surface area contributed by atoms with Gasteiger partial charge in [-0.2, -0.15) is 0 Å². The van der Waals surface area contributed by atoms with E-state index in [1.807, 2.05) is 30.3 Å². The minimum absolute atomic E-state index is 0.0432. The molecule has 0 unspecified atom stereocenters. The van der Waals surface area contributed by atoms with Crippen LogP contribution in [0.15, 0.2) is 68.5 Å². The molecule has 0 saturated carbocycles. The number of phenolic OH excluding ortho intramolecular Hbond substituents is 1. The number of rotatable bonds is 6. The summed E-state index contributed by atoms with van der Waals surface area (Å²) in [5.74, 6) is 1.46. The molecule has 1 N–H and O–H groups in total. The summed E-state index contributed by atoms with van der Waals surface area (Å²) in [6, 6.07) is 17.3. The summed E-state index contributed by atoms with van der Waals surface area (Å²) in [5, 5.41) is 10.3. The maximum atomic E-state index is 10.3. The molecule has 3 aromatic carbocycles. The van der Waals surface area contributed by atoms with Crippen LogP contribution in [0.5, 0.6) is 11.5 Å². The van der Waals surface area contributed by atoms with Crippen molar-refractivity contribution >= 4 is 38.9 Å².